The average molecular weight is 470 g/mol. The van der Waals surface area contributed by atoms with Gasteiger partial charge in [0.1, 0.15) is 17.9 Å². The Morgan fingerprint density at radius 2 is 1.48 bits per heavy atom. The summed E-state index contributed by atoms with van der Waals surface area (Å²) >= 11 is 0. The van der Waals surface area contributed by atoms with Crippen LogP contribution < -0.4 is 5.73 Å². The second kappa shape index (κ2) is 8.15. The summed E-state index contributed by atoms with van der Waals surface area (Å²) in [6.45, 7) is -1.21. The van der Waals surface area contributed by atoms with Gasteiger partial charge < -0.3 is 15.7 Å². The van der Waals surface area contributed by atoms with Gasteiger partial charge in [0, 0.05) is 11.1 Å². The minimum Gasteiger partial charge on any atom is -0.480 e. The normalized spacial score (nSPS) is 18.2. The fourth-order valence-electron chi connectivity index (χ4n) is 3.50. The molecule has 0 spiro atoms. The number of rotatable bonds is 6. The van der Waals surface area contributed by atoms with E-state index in [0.717, 1.165) is 6.92 Å². The highest BCUT2D eigenvalue weighted by atomic mass is 19.2. The van der Waals surface area contributed by atoms with Gasteiger partial charge in [0.15, 0.2) is 23.3 Å². The van der Waals surface area contributed by atoms with Crippen molar-refractivity contribution < 1.29 is 41.4 Å². The number of carbonyl (C=O) groups excluding carboxylic acids is 2. The quantitative estimate of drug-likeness (QED) is 0.149. The predicted octanol–water partition coefficient (Wildman–Crippen LogP) is 2.43. The van der Waals surface area contributed by atoms with Gasteiger partial charge in [0.05, 0.1) is 6.54 Å². The second-order valence-electron chi connectivity index (χ2n) is 7.27. The van der Waals surface area contributed by atoms with Crippen LogP contribution in [0.3, 0.4) is 0 Å². The van der Waals surface area contributed by atoms with Crippen LogP contribution in [0.25, 0.3) is 0 Å². The minimum atomic E-state index is -2.40. The maximum atomic E-state index is 14.3. The molecule has 13 heteroatoms. The number of nitrogen functional groups attached to an aromatic ring is 1. The van der Waals surface area contributed by atoms with Crippen molar-refractivity contribution >= 4 is 23.7 Å². The summed E-state index contributed by atoms with van der Waals surface area (Å²) in [6.07, 6.45) is 0. The lowest BCUT2D eigenvalue weighted by atomic mass is 9.89. The summed E-state index contributed by atoms with van der Waals surface area (Å²) < 4.78 is 69.4. The van der Waals surface area contributed by atoms with Crippen molar-refractivity contribution in [2.24, 2.45) is 5.73 Å². The SMILES string of the molecule is C[C@@]1(c2ccc(C(=N)N)cc2)C(=O)N(CC(=O)O)C(=O)N1Cc1c(F)c(F)c(F)c(F)c1F. The van der Waals surface area contributed by atoms with Crippen LogP contribution >= 0.6 is 0 Å². The number of amides is 3. The van der Waals surface area contributed by atoms with E-state index in [0.29, 0.717) is 4.90 Å². The number of nitrogens with two attached hydrogens (primary N) is 1. The molecule has 1 aliphatic rings. The molecule has 33 heavy (non-hydrogen) atoms. The number of amidine groups is 1. The van der Waals surface area contributed by atoms with Gasteiger partial charge >= 0.3 is 12.0 Å². The van der Waals surface area contributed by atoms with Gasteiger partial charge in [-0.3, -0.25) is 19.9 Å². The molecule has 1 fully saturated rings. The van der Waals surface area contributed by atoms with E-state index >= 15 is 0 Å². The maximum absolute atomic E-state index is 14.3. The lowest BCUT2D eigenvalue weighted by Gasteiger charge is -2.32. The Balaban J connectivity index is 2.18. The number of carboxylic acids is 1. The van der Waals surface area contributed by atoms with Gasteiger partial charge in [-0.05, 0) is 12.5 Å². The standard InChI is InChI=1S/C20H15F5N4O4/c1-20(9-4-2-8(3-5-9)17(26)27)18(32)28(7-11(30)31)19(33)29(20)6-10-12(21)14(23)16(25)15(24)13(10)22/h2-5H,6-7H2,1H3,(H3,26,27)(H,30,31)/t20-/m1/s1. The first-order valence-corrected chi connectivity index (χ1v) is 9.12. The average Bonchev–Trinajstić information content (AvgIpc) is 2.95. The molecular weight excluding hydrogens is 455 g/mol. The van der Waals surface area contributed by atoms with Gasteiger partial charge in [0.25, 0.3) is 5.91 Å². The third-order valence-electron chi connectivity index (χ3n) is 5.33. The summed E-state index contributed by atoms with van der Waals surface area (Å²) in [7, 11) is 0. The summed E-state index contributed by atoms with van der Waals surface area (Å²) in [5.41, 5.74) is 2.16. The second-order valence-corrected chi connectivity index (χ2v) is 7.27. The number of carboxylic acid groups (broad SMARTS) is 1. The Kier molecular flexibility index (Phi) is 5.83. The minimum absolute atomic E-state index is 0.0163. The highest BCUT2D eigenvalue weighted by molar-refractivity contribution is 6.08. The van der Waals surface area contributed by atoms with E-state index < -0.39 is 71.2 Å². The lowest BCUT2D eigenvalue weighted by Crippen LogP contribution is -2.44. The Labute approximate surface area is 182 Å². The monoisotopic (exact) mass is 470 g/mol. The Hall–Kier alpha value is -4.03. The van der Waals surface area contributed by atoms with Crippen molar-refractivity contribution in [1.82, 2.24) is 9.80 Å². The molecule has 0 bridgehead atoms. The fraction of sp³-hybridized carbons (Fsp3) is 0.200. The van der Waals surface area contributed by atoms with E-state index in [1.807, 2.05) is 0 Å². The van der Waals surface area contributed by atoms with Crippen molar-refractivity contribution in [3.63, 3.8) is 0 Å². The van der Waals surface area contributed by atoms with Crippen molar-refractivity contribution in [3.8, 4) is 0 Å². The zero-order valence-corrected chi connectivity index (χ0v) is 16.8. The van der Waals surface area contributed by atoms with Crippen LogP contribution in [0.15, 0.2) is 24.3 Å². The molecule has 8 nitrogen and oxygen atoms in total. The van der Waals surface area contributed by atoms with E-state index in [-0.39, 0.29) is 21.9 Å². The molecule has 4 N–H and O–H groups in total. The Bertz CT molecular complexity index is 1170. The topological polar surface area (TPSA) is 128 Å². The molecule has 0 unspecified atom stereocenters. The number of halogens is 5. The van der Waals surface area contributed by atoms with Crippen molar-refractivity contribution in [1.29, 1.82) is 5.41 Å². The van der Waals surface area contributed by atoms with Gasteiger partial charge in [-0.2, -0.15) is 0 Å². The van der Waals surface area contributed by atoms with E-state index in [1.165, 1.54) is 24.3 Å². The number of nitrogens with one attached hydrogen (secondary N) is 1. The molecule has 3 rings (SSSR count). The van der Waals surface area contributed by atoms with Crippen LogP contribution in [0, 0.1) is 34.5 Å². The van der Waals surface area contributed by atoms with Crippen LogP contribution in [0.2, 0.25) is 0 Å². The highest BCUT2D eigenvalue weighted by Crippen LogP contribution is 2.39. The zero-order valence-electron chi connectivity index (χ0n) is 16.8. The van der Waals surface area contributed by atoms with Gasteiger partial charge in [-0.15, -0.1) is 0 Å². The number of benzene rings is 2. The molecule has 0 aliphatic carbocycles. The fourth-order valence-corrected chi connectivity index (χ4v) is 3.50. The molecule has 2 aromatic rings. The van der Waals surface area contributed by atoms with Crippen LogP contribution in [0.1, 0.15) is 23.6 Å². The number of nitrogens with zero attached hydrogens (tertiary/aromatic N) is 2. The van der Waals surface area contributed by atoms with Crippen LogP contribution in [0.5, 0.6) is 0 Å². The number of imide groups is 1. The van der Waals surface area contributed by atoms with Gasteiger partial charge in [0.2, 0.25) is 5.82 Å². The zero-order chi connectivity index (χ0) is 24.8. The van der Waals surface area contributed by atoms with Crippen LogP contribution in [-0.2, 0) is 21.7 Å². The van der Waals surface area contributed by atoms with Crippen molar-refractivity contribution in [3.05, 3.63) is 70.0 Å². The Morgan fingerprint density at radius 3 is 1.94 bits per heavy atom. The summed E-state index contributed by atoms with van der Waals surface area (Å²) in [4.78, 5) is 37.9. The number of hydrogen-bond acceptors (Lipinski definition) is 4. The summed E-state index contributed by atoms with van der Waals surface area (Å²) in [5.74, 6) is -14.3. The molecule has 1 aliphatic heterocycles. The van der Waals surface area contributed by atoms with Crippen molar-refractivity contribution in [2.75, 3.05) is 6.54 Å². The molecule has 174 valence electrons. The number of urea groups is 1. The number of hydrogen-bond donors (Lipinski definition) is 3. The molecule has 1 atom stereocenters. The number of aliphatic carboxylic acids is 1. The largest absolute Gasteiger partial charge is 0.480 e. The van der Waals surface area contributed by atoms with Crippen LogP contribution in [-0.4, -0.2) is 45.2 Å². The first-order chi connectivity index (χ1) is 15.3. The van der Waals surface area contributed by atoms with Gasteiger partial charge in [-0.1, -0.05) is 24.3 Å². The summed E-state index contributed by atoms with van der Waals surface area (Å²) in [5, 5.41) is 16.5. The van der Waals surface area contributed by atoms with Gasteiger partial charge in [-0.25, -0.2) is 26.7 Å². The summed E-state index contributed by atoms with van der Waals surface area (Å²) in [6, 6.07) is 3.81. The first kappa shape index (κ1) is 23.6. The number of carbonyl (C=O) groups is 3. The van der Waals surface area contributed by atoms with E-state index in [2.05, 4.69) is 0 Å². The molecular formula is C20H15F5N4O4. The molecule has 2 aromatic carbocycles. The first-order valence-electron chi connectivity index (χ1n) is 9.12. The van der Waals surface area contributed by atoms with E-state index in [9.17, 15) is 36.3 Å². The molecule has 0 aromatic heterocycles. The lowest BCUT2D eigenvalue weighted by molar-refractivity contribution is -0.143. The van der Waals surface area contributed by atoms with Crippen molar-refractivity contribution in [2.45, 2.75) is 19.0 Å². The smallest absolute Gasteiger partial charge is 0.328 e. The molecule has 0 radical (unpaired) electrons. The predicted molar refractivity (Wildman–Crippen MR) is 101 cm³/mol. The third kappa shape index (κ3) is 3.64. The molecule has 1 saturated heterocycles. The molecule has 1 heterocycles. The highest BCUT2D eigenvalue weighted by Gasteiger charge is 2.56. The third-order valence-corrected chi connectivity index (χ3v) is 5.33. The molecule has 0 saturated carbocycles. The van der Waals surface area contributed by atoms with Crippen LogP contribution in [0.4, 0.5) is 26.7 Å². The van der Waals surface area contributed by atoms with E-state index in [1.54, 1.807) is 0 Å². The Morgan fingerprint density at radius 1 is 1.00 bits per heavy atom. The molecule has 3 amide bonds. The van der Waals surface area contributed by atoms with E-state index in [4.69, 9.17) is 16.2 Å². The maximum Gasteiger partial charge on any atom is 0.328 e.